The highest BCUT2D eigenvalue weighted by Crippen LogP contribution is 2.33. The lowest BCUT2D eigenvalue weighted by Crippen LogP contribution is -2.20. The molecule has 0 saturated heterocycles. The van der Waals surface area contributed by atoms with Gasteiger partial charge in [0.15, 0.2) is 11.5 Å². The minimum Gasteiger partial charge on any atom is -0.493 e. The molecule has 0 aliphatic rings. The number of hydrogen-bond acceptors (Lipinski definition) is 6. The van der Waals surface area contributed by atoms with E-state index in [1.807, 2.05) is 72.9 Å². The highest BCUT2D eigenvalue weighted by atomic mass is 16.5. The second kappa shape index (κ2) is 9.26. The molecule has 35 heavy (non-hydrogen) atoms. The van der Waals surface area contributed by atoms with E-state index >= 15 is 0 Å². The monoisotopic (exact) mass is 465 g/mol. The molecule has 0 fully saturated rings. The van der Waals surface area contributed by atoms with Crippen LogP contribution in [0.4, 0.5) is 0 Å². The van der Waals surface area contributed by atoms with Crippen molar-refractivity contribution in [3.05, 3.63) is 101 Å². The fourth-order valence-corrected chi connectivity index (χ4v) is 3.89. The number of methoxy groups -OCH3 is 2. The largest absolute Gasteiger partial charge is 0.493 e. The van der Waals surface area contributed by atoms with Gasteiger partial charge in [0.2, 0.25) is 0 Å². The van der Waals surface area contributed by atoms with Crippen molar-refractivity contribution in [1.29, 1.82) is 0 Å². The van der Waals surface area contributed by atoms with E-state index < -0.39 is 0 Å². The van der Waals surface area contributed by atoms with Crippen LogP contribution in [0.1, 0.15) is 11.4 Å². The molecule has 0 aliphatic heterocycles. The van der Waals surface area contributed by atoms with E-state index in [0.29, 0.717) is 33.9 Å². The van der Waals surface area contributed by atoms with Crippen molar-refractivity contribution >= 4 is 17.1 Å². The first-order valence-corrected chi connectivity index (χ1v) is 11.0. The van der Waals surface area contributed by atoms with Crippen LogP contribution < -0.4 is 15.0 Å². The number of fused-ring (bicyclic) bond motifs is 1. The Morgan fingerprint density at radius 1 is 0.914 bits per heavy atom. The van der Waals surface area contributed by atoms with Gasteiger partial charge in [0.05, 0.1) is 37.0 Å². The van der Waals surface area contributed by atoms with Crippen LogP contribution in [0.25, 0.3) is 27.8 Å². The summed E-state index contributed by atoms with van der Waals surface area (Å²) in [7, 11) is 3.19. The van der Waals surface area contributed by atoms with Crippen molar-refractivity contribution in [3.8, 4) is 28.4 Å². The van der Waals surface area contributed by atoms with E-state index in [1.54, 1.807) is 38.1 Å². The Balaban J connectivity index is 1.65. The summed E-state index contributed by atoms with van der Waals surface area (Å²) >= 11 is 0. The average Bonchev–Trinajstić information content (AvgIpc) is 3.33. The minimum atomic E-state index is -0.229. The summed E-state index contributed by atoms with van der Waals surface area (Å²) in [5, 5.41) is 9.83. The van der Waals surface area contributed by atoms with Gasteiger partial charge in [-0.1, -0.05) is 30.3 Å². The molecule has 3 aromatic carbocycles. The van der Waals surface area contributed by atoms with Gasteiger partial charge >= 0.3 is 0 Å². The summed E-state index contributed by atoms with van der Waals surface area (Å²) in [6.07, 6.45) is 3.50. The molecule has 174 valence electrons. The van der Waals surface area contributed by atoms with Crippen molar-refractivity contribution in [1.82, 2.24) is 19.4 Å². The highest BCUT2D eigenvalue weighted by molar-refractivity contribution is 5.89. The SMILES string of the molecule is COc1ccc(-c2nn(-c3ccccc3)cc2C=Nn2c(C)nc3ccccc3c2=O)cc1OC. The predicted octanol–water partition coefficient (Wildman–Crippen LogP) is 4.46. The second-order valence-corrected chi connectivity index (χ2v) is 7.82. The average molecular weight is 466 g/mol. The van der Waals surface area contributed by atoms with Crippen LogP contribution in [0.15, 0.2) is 88.9 Å². The van der Waals surface area contributed by atoms with Crippen molar-refractivity contribution in [3.63, 3.8) is 0 Å². The minimum absolute atomic E-state index is 0.229. The van der Waals surface area contributed by atoms with E-state index in [1.165, 1.54) is 4.68 Å². The lowest BCUT2D eigenvalue weighted by atomic mass is 10.1. The molecule has 0 bridgehead atoms. The zero-order valence-corrected chi connectivity index (χ0v) is 19.5. The lowest BCUT2D eigenvalue weighted by Gasteiger charge is -2.09. The normalized spacial score (nSPS) is 11.3. The van der Waals surface area contributed by atoms with Crippen LogP contribution in [0, 0.1) is 6.92 Å². The standard InChI is InChI=1S/C27H23N5O3/c1-18-29-23-12-8-7-11-22(23)27(33)32(18)28-16-20-17-31(21-9-5-4-6-10-21)30-26(20)19-13-14-24(34-2)25(15-19)35-3/h4-17H,1-3H3. The zero-order chi connectivity index (χ0) is 24.4. The fraction of sp³-hybridized carbons (Fsp3) is 0.111. The van der Waals surface area contributed by atoms with Gasteiger partial charge in [0.1, 0.15) is 11.5 Å². The lowest BCUT2D eigenvalue weighted by molar-refractivity contribution is 0.355. The van der Waals surface area contributed by atoms with Crippen LogP contribution in [0.3, 0.4) is 0 Å². The van der Waals surface area contributed by atoms with Crippen LogP contribution in [0.5, 0.6) is 11.5 Å². The molecule has 5 aromatic rings. The molecule has 2 aromatic heterocycles. The molecule has 8 heteroatoms. The quantitative estimate of drug-likeness (QED) is 0.346. The summed E-state index contributed by atoms with van der Waals surface area (Å²) in [5.74, 6) is 1.71. The predicted molar refractivity (Wildman–Crippen MR) is 136 cm³/mol. The van der Waals surface area contributed by atoms with E-state index in [9.17, 15) is 4.79 Å². The smallest absolute Gasteiger partial charge is 0.282 e. The van der Waals surface area contributed by atoms with E-state index in [0.717, 1.165) is 16.8 Å². The highest BCUT2D eigenvalue weighted by Gasteiger charge is 2.15. The maximum Gasteiger partial charge on any atom is 0.282 e. The molecule has 0 saturated carbocycles. The Morgan fingerprint density at radius 3 is 2.43 bits per heavy atom. The molecular formula is C27H23N5O3. The van der Waals surface area contributed by atoms with Crippen molar-refractivity contribution < 1.29 is 9.47 Å². The molecule has 2 heterocycles. The van der Waals surface area contributed by atoms with E-state index in [2.05, 4.69) is 10.1 Å². The molecular weight excluding hydrogens is 442 g/mol. The molecule has 0 atom stereocenters. The number of aromatic nitrogens is 4. The van der Waals surface area contributed by atoms with Crippen LogP contribution in [-0.4, -0.2) is 39.9 Å². The number of rotatable bonds is 6. The first kappa shape index (κ1) is 22.1. The Bertz CT molecular complexity index is 1600. The van der Waals surface area contributed by atoms with Gasteiger partial charge in [-0.15, -0.1) is 0 Å². The number of ether oxygens (including phenoxy) is 2. The Hall–Kier alpha value is -4.72. The molecule has 0 unspecified atom stereocenters. The molecule has 8 nitrogen and oxygen atoms in total. The van der Waals surface area contributed by atoms with Gasteiger partial charge in [-0.3, -0.25) is 4.79 Å². The fourth-order valence-electron chi connectivity index (χ4n) is 3.89. The van der Waals surface area contributed by atoms with Crippen molar-refractivity contribution in [2.24, 2.45) is 5.10 Å². The number of benzene rings is 3. The van der Waals surface area contributed by atoms with Crippen LogP contribution in [0.2, 0.25) is 0 Å². The number of nitrogens with zero attached hydrogens (tertiary/aromatic N) is 5. The summed E-state index contributed by atoms with van der Waals surface area (Å²) in [4.78, 5) is 17.6. The Labute approximate surface area is 201 Å². The van der Waals surface area contributed by atoms with Crippen molar-refractivity contribution in [2.75, 3.05) is 14.2 Å². The molecule has 0 aliphatic carbocycles. The third kappa shape index (κ3) is 4.17. The molecule has 5 rings (SSSR count). The van der Waals surface area contributed by atoms with Gasteiger partial charge in [-0.25, -0.2) is 9.67 Å². The first-order chi connectivity index (χ1) is 17.1. The Kier molecular flexibility index (Phi) is 5.85. The Morgan fingerprint density at radius 2 is 1.66 bits per heavy atom. The van der Waals surface area contributed by atoms with Gasteiger partial charge in [-0.05, 0) is 49.4 Å². The first-order valence-electron chi connectivity index (χ1n) is 11.0. The molecule has 0 N–H and O–H groups in total. The summed E-state index contributed by atoms with van der Waals surface area (Å²) in [5.41, 5.74) is 3.53. The van der Waals surface area contributed by atoms with Gasteiger partial charge in [0, 0.05) is 17.3 Å². The van der Waals surface area contributed by atoms with E-state index in [-0.39, 0.29) is 5.56 Å². The zero-order valence-electron chi connectivity index (χ0n) is 19.5. The number of para-hydroxylation sites is 2. The third-order valence-corrected chi connectivity index (χ3v) is 5.65. The maximum absolute atomic E-state index is 13.1. The summed E-state index contributed by atoms with van der Waals surface area (Å²) < 4.78 is 13.9. The van der Waals surface area contributed by atoms with Crippen LogP contribution in [-0.2, 0) is 0 Å². The van der Waals surface area contributed by atoms with Gasteiger partial charge < -0.3 is 9.47 Å². The molecule has 0 spiro atoms. The van der Waals surface area contributed by atoms with E-state index in [4.69, 9.17) is 14.6 Å². The molecule has 0 amide bonds. The van der Waals surface area contributed by atoms with Crippen molar-refractivity contribution in [2.45, 2.75) is 6.92 Å². The summed E-state index contributed by atoms with van der Waals surface area (Å²) in [6.45, 7) is 1.76. The van der Waals surface area contributed by atoms with Gasteiger partial charge in [-0.2, -0.15) is 14.9 Å². The maximum atomic E-state index is 13.1. The third-order valence-electron chi connectivity index (χ3n) is 5.65. The molecule has 0 radical (unpaired) electrons. The second-order valence-electron chi connectivity index (χ2n) is 7.82. The van der Waals surface area contributed by atoms with Gasteiger partial charge in [0.25, 0.3) is 5.56 Å². The number of hydrogen-bond donors (Lipinski definition) is 0. The number of aryl methyl sites for hydroxylation is 1. The van der Waals surface area contributed by atoms with Crippen LogP contribution >= 0.6 is 0 Å². The summed E-state index contributed by atoms with van der Waals surface area (Å²) in [6, 6.07) is 22.6. The topological polar surface area (TPSA) is 83.5 Å².